The van der Waals surface area contributed by atoms with Gasteiger partial charge in [0.25, 0.3) is 0 Å². The molecule has 2 rings (SSSR count). The van der Waals surface area contributed by atoms with Gasteiger partial charge in [0.2, 0.25) is 0 Å². The second kappa shape index (κ2) is 5.23. The van der Waals surface area contributed by atoms with Crippen LogP contribution in [0.1, 0.15) is 16.9 Å². The number of hydrogen-bond acceptors (Lipinski definition) is 3. The van der Waals surface area contributed by atoms with Crippen LogP contribution in [0.5, 0.6) is 0 Å². The van der Waals surface area contributed by atoms with E-state index in [2.05, 4.69) is 13.0 Å². The van der Waals surface area contributed by atoms with Crippen LogP contribution in [0, 0.1) is 6.92 Å². The minimum absolute atomic E-state index is 0.101. The summed E-state index contributed by atoms with van der Waals surface area (Å²) in [5.74, 6) is 1.82. The lowest BCUT2D eigenvalue weighted by atomic mass is 10.1. The van der Waals surface area contributed by atoms with Gasteiger partial charge in [-0.2, -0.15) is 0 Å². The van der Waals surface area contributed by atoms with Crippen molar-refractivity contribution in [3.8, 4) is 0 Å². The number of benzene rings is 1. The zero-order valence-corrected chi connectivity index (χ0v) is 9.96. The lowest BCUT2D eigenvalue weighted by Gasteiger charge is -2.06. The summed E-state index contributed by atoms with van der Waals surface area (Å²) in [6.45, 7) is 2.16. The fourth-order valence-corrected chi connectivity index (χ4v) is 2.43. The molecule has 0 saturated heterocycles. The largest absolute Gasteiger partial charge is 0.468 e. The van der Waals surface area contributed by atoms with Crippen LogP contribution in [0.25, 0.3) is 0 Å². The summed E-state index contributed by atoms with van der Waals surface area (Å²) < 4.78 is 5.28. The monoisotopic (exact) mass is 234 g/mol. The molecule has 0 aliphatic heterocycles. The predicted octanol–water partition coefficient (Wildman–Crippen LogP) is 3.37. The quantitative estimate of drug-likeness (QED) is 0.823. The first-order chi connectivity index (χ1) is 7.79. The Balaban J connectivity index is 2.04. The third-order valence-electron chi connectivity index (χ3n) is 2.37. The zero-order chi connectivity index (χ0) is 11.4. The van der Waals surface area contributed by atoms with E-state index >= 15 is 0 Å². The maximum absolute atomic E-state index is 9.01. The Labute approximate surface area is 99.3 Å². The van der Waals surface area contributed by atoms with Gasteiger partial charge in [0.15, 0.2) is 0 Å². The normalized spacial score (nSPS) is 10.6. The van der Waals surface area contributed by atoms with Gasteiger partial charge < -0.3 is 9.52 Å². The SMILES string of the molecule is Cc1cc(CO)ccc1SCc1ccco1. The second-order valence-corrected chi connectivity index (χ2v) is 4.64. The number of aliphatic hydroxyl groups is 1. The number of hydrogen-bond donors (Lipinski definition) is 1. The van der Waals surface area contributed by atoms with E-state index in [0.29, 0.717) is 0 Å². The maximum Gasteiger partial charge on any atom is 0.113 e. The summed E-state index contributed by atoms with van der Waals surface area (Å²) in [5, 5.41) is 9.01. The predicted molar refractivity (Wildman–Crippen MR) is 65.4 cm³/mol. The van der Waals surface area contributed by atoms with Gasteiger partial charge in [-0.05, 0) is 36.2 Å². The third kappa shape index (κ3) is 2.68. The molecule has 0 amide bonds. The van der Waals surface area contributed by atoms with Crippen molar-refractivity contribution in [1.29, 1.82) is 0 Å². The zero-order valence-electron chi connectivity index (χ0n) is 9.14. The van der Waals surface area contributed by atoms with Gasteiger partial charge in [-0.15, -0.1) is 11.8 Å². The van der Waals surface area contributed by atoms with E-state index in [-0.39, 0.29) is 6.61 Å². The summed E-state index contributed by atoms with van der Waals surface area (Å²) in [6, 6.07) is 9.90. The van der Waals surface area contributed by atoms with Crippen molar-refractivity contribution in [3.05, 3.63) is 53.5 Å². The first-order valence-corrected chi connectivity index (χ1v) is 6.13. The van der Waals surface area contributed by atoms with Gasteiger partial charge in [-0.1, -0.05) is 12.1 Å². The smallest absolute Gasteiger partial charge is 0.113 e. The van der Waals surface area contributed by atoms with Crippen molar-refractivity contribution in [1.82, 2.24) is 0 Å². The molecule has 0 spiro atoms. The van der Waals surface area contributed by atoms with Crippen molar-refractivity contribution < 1.29 is 9.52 Å². The van der Waals surface area contributed by atoms with E-state index in [9.17, 15) is 0 Å². The Morgan fingerprint density at radius 2 is 2.19 bits per heavy atom. The number of furan rings is 1. The van der Waals surface area contributed by atoms with Crippen LogP contribution in [-0.2, 0) is 12.4 Å². The molecule has 0 atom stereocenters. The van der Waals surface area contributed by atoms with Crippen LogP contribution in [-0.4, -0.2) is 5.11 Å². The topological polar surface area (TPSA) is 33.4 Å². The molecule has 2 aromatic rings. The van der Waals surface area contributed by atoms with Gasteiger partial charge in [-0.25, -0.2) is 0 Å². The first-order valence-electron chi connectivity index (χ1n) is 5.15. The highest BCUT2D eigenvalue weighted by Crippen LogP contribution is 2.26. The van der Waals surface area contributed by atoms with Crippen LogP contribution in [0.15, 0.2) is 45.9 Å². The van der Waals surface area contributed by atoms with Gasteiger partial charge in [0.1, 0.15) is 5.76 Å². The van der Waals surface area contributed by atoms with Crippen LogP contribution in [0.3, 0.4) is 0 Å². The molecule has 1 aromatic carbocycles. The number of aryl methyl sites for hydroxylation is 1. The molecule has 2 nitrogen and oxygen atoms in total. The second-order valence-electron chi connectivity index (χ2n) is 3.63. The summed E-state index contributed by atoms with van der Waals surface area (Å²) in [4.78, 5) is 1.23. The Hall–Kier alpha value is -1.19. The third-order valence-corrected chi connectivity index (χ3v) is 3.57. The van der Waals surface area contributed by atoms with Crippen molar-refractivity contribution >= 4 is 11.8 Å². The van der Waals surface area contributed by atoms with E-state index in [1.54, 1.807) is 18.0 Å². The first kappa shape index (κ1) is 11.3. The van der Waals surface area contributed by atoms with Crippen molar-refractivity contribution in [2.24, 2.45) is 0 Å². The minimum Gasteiger partial charge on any atom is -0.468 e. The van der Waals surface area contributed by atoms with E-state index < -0.39 is 0 Å². The highest BCUT2D eigenvalue weighted by Gasteiger charge is 2.02. The lowest BCUT2D eigenvalue weighted by Crippen LogP contribution is -1.87. The molecule has 1 heterocycles. The molecule has 1 N–H and O–H groups in total. The molecule has 1 aromatic heterocycles. The summed E-state index contributed by atoms with van der Waals surface area (Å²) >= 11 is 1.75. The number of aliphatic hydroxyl groups excluding tert-OH is 1. The minimum atomic E-state index is 0.101. The van der Waals surface area contributed by atoms with E-state index in [1.165, 1.54) is 10.5 Å². The lowest BCUT2D eigenvalue weighted by molar-refractivity contribution is 0.281. The molecule has 0 radical (unpaired) electrons. The Morgan fingerprint density at radius 1 is 1.31 bits per heavy atom. The fourth-order valence-electron chi connectivity index (χ4n) is 1.52. The molecular weight excluding hydrogens is 220 g/mol. The molecule has 0 aliphatic rings. The molecule has 16 heavy (non-hydrogen) atoms. The summed E-state index contributed by atoms with van der Waals surface area (Å²) in [5.41, 5.74) is 2.16. The molecule has 0 bridgehead atoms. The summed E-state index contributed by atoms with van der Waals surface area (Å²) in [7, 11) is 0. The van der Waals surface area contributed by atoms with Gasteiger partial charge in [0, 0.05) is 4.90 Å². The Bertz CT molecular complexity index is 449. The van der Waals surface area contributed by atoms with Crippen molar-refractivity contribution in [3.63, 3.8) is 0 Å². The number of thioether (sulfide) groups is 1. The van der Waals surface area contributed by atoms with Crippen LogP contribution in [0.4, 0.5) is 0 Å². The molecular formula is C13H14O2S. The van der Waals surface area contributed by atoms with Crippen molar-refractivity contribution in [2.45, 2.75) is 24.2 Å². The standard InChI is InChI=1S/C13H14O2S/c1-10-7-11(8-14)4-5-13(10)16-9-12-3-2-6-15-12/h2-7,14H,8-9H2,1H3. The van der Waals surface area contributed by atoms with Crippen molar-refractivity contribution in [2.75, 3.05) is 0 Å². The molecule has 0 unspecified atom stereocenters. The van der Waals surface area contributed by atoms with Crippen LogP contribution < -0.4 is 0 Å². The van der Waals surface area contributed by atoms with E-state index in [4.69, 9.17) is 9.52 Å². The Morgan fingerprint density at radius 3 is 2.81 bits per heavy atom. The Kier molecular flexibility index (Phi) is 3.70. The molecule has 0 fully saturated rings. The summed E-state index contributed by atoms with van der Waals surface area (Å²) in [6.07, 6.45) is 1.69. The molecule has 84 valence electrons. The average molecular weight is 234 g/mol. The maximum atomic E-state index is 9.01. The molecule has 0 saturated carbocycles. The molecule has 3 heteroatoms. The fraction of sp³-hybridized carbons (Fsp3) is 0.231. The van der Waals surface area contributed by atoms with E-state index in [0.717, 1.165) is 17.1 Å². The highest BCUT2D eigenvalue weighted by molar-refractivity contribution is 7.98. The van der Waals surface area contributed by atoms with Gasteiger partial charge in [0.05, 0.1) is 18.6 Å². The van der Waals surface area contributed by atoms with Crippen LogP contribution >= 0.6 is 11.8 Å². The highest BCUT2D eigenvalue weighted by atomic mass is 32.2. The van der Waals surface area contributed by atoms with E-state index in [1.807, 2.05) is 24.3 Å². The van der Waals surface area contributed by atoms with Gasteiger partial charge in [-0.3, -0.25) is 0 Å². The number of rotatable bonds is 4. The van der Waals surface area contributed by atoms with Gasteiger partial charge >= 0.3 is 0 Å². The molecule has 0 aliphatic carbocycles. The average Bonchev–Trinajstić information content (AvgIpc) is 2.80. The van der Waals surface area contributed by atoms with Crippen LogP contribution in [0.2, 0.25) is 0 Å².